The Hall–Kier alpha value is -3.39. The molecule has 0 radical (unpaired) electrons. The maximum Gasteiger partial charge on any atom is 0.265 e. The van der Waals surface area contributed by atoms with E-state index in [9.17, 15) is 9.59 Å². The average molecular weight is 428 g/mol. The molecule has 0 aliphatic rings. The molecule has 156 valence electrons. The molecule has 1 aromatic heterocycles. The van der Waals surface area contributed by atoms with Crippen LogP contribution in [0.3, 0.4) is 0 Å². The first-order valence-corrected chi connectivity index (χ1v) is 9.70. The second kappa shape index (κ2) is 9.41. The van der Waals surface area contributed by atoms with Crippen LogP contribution in [0.2, 0.25) is 5.02 Å². The van der Waals surface area contributed by atoms with E-state index in [1.54, 1.807) is 56.3 Å². The lowest BCUT2D eigenvalue weighted by Gasteiger charge is -2.17. The zero-order chi connectivity index (χ0) is 21.7. The molecule has 3 aromatic rings. The van der Waals surface area contributed by atoms with E-state index in [0.717, 1.165) is 5.56 Å². The van der Waals surface area contributed by atoms with Gasteiger partial charge in [-0.15, -0.1) is 0 Å². The Bertz CT molecular complexity index is 1020. The predicted octanol–water partition coefficient (Wildman–Crippen LogP) is 3.85. The molecule has 0 aliphatic carbocycles. The molecule has 30 heavy (non-hydrogen) atoms. The van der Waals surface area contributed by atoms with Crippen molar-refractivity contribution >= 4 is 34.8 Å². The summed E-state index contributed by atoms with van der Waals surface area (Å²) >= 11 is 5.94. The van der Waals surface area contributed by atoms with Crippen molar-refractivity contribution in [3.63, 3.8) is 0 Å². The molecule has 0 spiro atoms. The number of rotatable bonds is 7. The van der Waals surface area contributed by atoms with Crippen molar-refractivity contribution in [1.82, 2.24) is 14.8 Å². The minimum absolute atomic E-state index is 0.224. The van der Waals surface area contributed by atoms with Crippen LogP contribution in [-0.4, -0.2) is 32.7 Å². The highest BCUT2D eigenvalue weighted by Crippen LogP contribution is 2.23. The lowest BCUT2D eigenvalue weighted by Crippen LogP contribution is -2.30. The Morgan fingerprint density at radius 1 is 1.03 bits per heavy atom. The minimum atomic E-state index is -0.701. The number of nitrogens with zero attached hydrogens (tertiary/aromatic N) is 3. The van der Waals surface area contributed by atoms with E-state index in [2.05, 4.69) is 20.7 Å². The van der Waals surface area contributed by atoms with Crippen molar-refractivity contribution in [1.29, 1.82) is 0 Å². The van der Waals surface area contributed by atoms with Crippen molar-refractivity contribution in [2.24, 2.45) is 0 Å². The number of hydrogen-bond donors (Lipinski definition) is 2. The highest BCUT2D eigenvalue weighted by molar-refractivity contribution is 6.30. The maximum absolute atomic E-state index is 12.4. The summed E-state index contributed by atoms with van der Waals surface area (Å²) in [4.78, 5) is 28.6. The van der Waals surface area contributed by atoms with Crippen LogP contribution in [0.5, 0.6) is 5.75 Å². The first-order valence-electron chi connectivity index (χ1n) is 9.32. The Kier molecular flexibility index (Phi) is 6.68. The number of carbonyl (C=O) groups excluding carboxylic acids is 2. The van der Waals surface area contributed by atoms with Crippen LogP contribution >= 0.6 is 11.6 Å². The number of aromatic nitrogens is 3. The summed E-state index contributed by atoms with van der Waals surface area (Å²) < 4.78 is 7.20. The van der Waals surface area contributed by atoms with E-state index in [-0.39, 0.29) is 11.8 Å². The fraction of sp³-hybridized carbons (Fsp3) is 0.238. The molecule has 1 heterocycles. The number of anilines is 2. The smallest absolute Gasteiger partial charge is 0.265 e. The number of amides is 2. The van der Waals surface area contributed by atoms with Gasteiger partial charge >= 0.3 is 0 Å². The molecule has 0 fully saturated rings. The molecule has 0 aliphatic heterocycles. The van der Waals surface area contributed by atoms with Gasteiger partial charge in [0.1, 0.15) is 24.4 Å². The van der Waals surface area contributed by atoms with Crippen LogP contribution in [-0.2, 0) is 9.59 Å². The highest BCUT2D eigenvalue weighted by Gasteiger charge is 2.17. The standard InChI is InChI=1S/C21H22ClN5O3/c1-13-10-16(22)4-9-19(13)30-15(3)21(29)26-18-7-5-17(6-8-18)25-20(28)14(2)27-12-23-11-24-27/h4-12,14-15H,1-3H3,(H,25,28)(H,26,29). The molecule has 2 amide bonds. The summed E-state index contributed by atoms with van der Waals surface area (Å²) in [6, 6.07) is 11.5. The van der Waals surface area contributed by atoms with Gasteiger partial charge < -0.3 is 15.4 Å². The van der Waals surface area contributed by atoms with Crippen LogP contribution in [0.1, 0.15) is 25.5 Å². The number of benzene rings is 2. The monoisotopic (exact) mass is 427 g/mol. The van der Waals surface area contributed by atoms with Crippen LogP contribution in [0.25, 0.3) is 0 Å². The second-order valence-electron chi connectivity index (χ2n) is 6.78. The van der Waals surface area contributed by atoms with Crippen molar-refractivity contribution in [3.8, 4) is 5.75 Å². The van der Waals surface area contributed by atoms with E-state index in [0.29, 0.717) is 22.1 Å². The van der Waals surface area contributed by atoms with Gasteiger partial charge in [-0.05, 0) is 68.8 Å². The minimum Gasteiger partial charge on any atom is -0.481 e. The molecule has 2 N–H and O–H groups in total. The van der Waals surface area contributed by atoms with Gasteiger partial charge in [-0.2, -0.15) is 5.10 Å². The van der Waals surface area contributed by atoms with Gasteiger partial charge in [0.05, 0.1) is 0 Å². The average Bonchev–Trinajstić information content (AvgIpc) is 3.25. The van der Waals surface area contributed by atoms with Gasteiger partial charge in [0, 0.05) is 16.4 Å². The number of carbonyl (C=O) groups is 2. The van der Waals surface area contributed by atoms with Crippen LogP contribution < -0.4 is 15.4 Å². The van der Waals surface area contributed by atoms with Crippen molar-refractivity contribution in [3.05, 3.63) is 65.7 Å². The van der Waals surface area contributed by atoms with Crippen LogP contribution in [0.15, 0.2) is 55.1 Å². The molecule has 9 heteroatoms. The zero-order valence-electron chi connectivity index (χ0n) is 16.8. The largest absolute Gasteiger partial charge is 0.481 e. The first kappa shape index (κ1) is 21.3. The molecule has 3 rings (SSSR count). The Labute approximate surface area is 179 Å². The Morgan fingerprint density at radius 2 is 1.67 bits per heavy atom. The van der Waals surface area contributed by atoms with Gasteiger partial charge in [0.25, 0.3) is 5.91 Å². The first-order chi connectivity index (χ1) is 14.3. The summed E-state index contributed by atoms with van der Waals surface area (Å²) in [5.41, 5.74) is 2.04. The van der Waals surface area contributed by atoms with Crippen molar-refractivity contribution < 1.29 is 14.3 Å². The van der Waals surface area contributed by atoms with E-state index in [1.807, 2.05) is 6.92 Å². The Morgan fingerprint density at radius 3 is 2.23 bits per heavy atom. The van der Waals surface area contributed by atoms with Crippen LogP contribution in [0, 0.1) is 6.92 Å². The summed E-state index contributed by atoms with van der Waals surface area (Å²) in [7, 11) is 0. The van der Waals surface area contributed by atoms with Gasteiger partial charge in [-0.1, -0.05) is 11.6 Å². The third-order valence-electron chi connectivity index (χ3n) is 4.44. The molecule has 2 aromatic carbocycles. The maximum atomic E-state index is 12.4. The number of halogens is 1. The topological polar surface area (TPSA) is 98.1 Å². The van der Waals surface area contributed by atoms with Crippen molar-refractivity contribution in [2.45, 2.75) is 32.9 Å². The van der Waals surface area contributed by atoms with Gasteiger partial charge in [0.15, 0.2) is 6.10 Å². The van der Waals surface area contributed by atoms with Gasteiger partial charge in [-0.3, -0.25) is 9.59 Å². The summed E-state index contributed by atoms with van der Waals surface area (Å²) in [6.07, 6.45) is 2.16. The number of ether oxygens (including phenoxy) is 1. The zero-order valence-corrected chi connectivity index (χ0v) is 17.6. The number of nitrogens with one attached hydrogen (secondary N) is 2. The quantitative estimate of drug-likeness (QED) is 0.596. The van der Waals surface area contributed by atoms with Crippen molar-refractivity contribution in [2.75, 3.05) is 10.6 Å². The molecular formula is C21H22ClN5O3. The molecular weight excluding hydrogens is 406 g/mol. The third-order valence-corrected chi connectivity index (χ3v) is 4.68. The van der Waals surface area contributed by atoms with Gasteiger partial charge in [-0.25, -0.2) is 9.67 Å². The lowest BCUT2D eigenvalue weighted by molar-refractivity contribution is -0.122. The molecule has 2 unspecified atom stereocenters. The fourth-order valence-corrected chi connectivity index (χ4v) is 2.88. The third kappa shape index (κ3) is 5.36. The summed E-state index contributed by atoms with van der Waals surface area (Å²) in [5, 5.41) is 10.2. The highest BCUT2D eigenvalue weighted by atomic mass is 35.5. The molecule has 0 saturated carbocycles. The summed E-state index contributed by atoms with van der Waals surface area (Å²) in [6.45, 7) is 5.26. The van der Waals surface area contributed by atoms with E-state index in [1.165, 1.54) is 17.3 Å². The number of aryl methyl sites for hydroxylation is 1. The lowest BCUT2D eigenvalue weighted by atomic mass is 10.2. The molecule has 0 bridgehead atoms. The van der Waals surface area contributed by atoms with E-state index < -0.39 is 12.1 Å². The van der Waals surface area contributed by atoms with E-state index in [4.69, 9.17) is 16.3 Å². The molecule has 8 nitrogen and oxygen atoms in total. The molecule has 2 atom stereocenters. The SMILES string of the molecule is Cc1cc(Cl)ccc1OC(C)C(=O)Nc1ccc(NC(=O)C(C)n2cncn2)cc1. The Balaban J connectivity index is 1.55. The predicted molar refractivity (Wildman–Crippen MR) is 115 cm³/mol. The number of hydrogen-bond acceptors (Lipinski definition) is 5. The summed E-state index contributed by atoms with van der Waals surface area (Å²) in [5.74, 6) is 0.0835. The fourth-order valence-electron chi connectivity index (χ4n) is 2.65. The van der Waals surface area contributed by atoms with Crippen LogP contribution in [0.4, 0.5) is 11.4 Å². The second-order valence-corrected chi connectivity index (χ2v) is 7.21. The van der Waals surface area contributed by atoms with Gasteiger partial charge in [0.2, 0.25) is 5.91 Å². The normalized spacial score (nSPS) is 12.7. The molecule has 0 saturated heterocycles. The van der Waals surface area contributed by atoms with E-state index >= 15 is 0 Å².